The van der Waals surface area contributed by atoms with Gasteiger partial charge in [0, 0.05) is 18.8 Å². The van der Waals surface area contributed by atoms with Gasteiger partial charge in [-0.25, -0.2) is 4.98 Å². The third-order valence-electron chi connectivity index (χ3n) is 4.59. The summed E-state index contributed by atoms with van der Waals surface area (Å²) in [6.07, 6.45) is 0.850. The van der Waals surface area contributed by atoms with Gasteiger partial charge in [0.05, 0.1) is 5.69 Å². The van der Waals surface area contributed by atoms with E-state index in [4.69, 9.17) is 5.73 Å². The number of benzene rings is 2. The Labute approximate surface area is 146 Å². The van der Waals surface area contributed by atoms with Crippen LogP contribution in [0.4, 0.5) is 5.69 Å². The number of carbonyl (C=O) groups is 1. The van der Waals surface area contributed by atoms with Crippen LogP contribution in [0.1, 0.15) is 21.7 Å². The molecule has 0 spiro atoms. The van der Waals surface area contributed by atoms with Crippen molar-refractivity contribution in [3.05, 3.63) is 83.7 Å². The van der Waals surface area contributed by atoms with Gasteiger partial charge in [-0.05, 0) is 41.3 Å². The van der Waals surface area contributed by atoms with Crippen molar-refractivity contribution in [2.75, 3.05) is 11.4 Å². The lowest BCUT2D eigenvalue weighted by Crippen LogP contribution is -2.29. The van der Waals surface area contributed by atoms with Gasteiger partial charge in [-0.3, -0.25) is 4.79 Å². The fourth-order valence-electron chi connectivity index (χ4n) is 3.38. The molecule has 1 aliphatic rings. The highest BCUT2D eigenvalue weighted by Gasteiger charge is 2.28. The summed E-state index contributed by atoms with van der Waals surface area (Å²) in [6.45, 7) is 1.00. The normalized spacial score (nSPS) is 12.9. The maximum Gasteiger partial charge on any atom is 0.276 e. The summed E-state index contributed by atoms with van der Waals surface area (Å²) < 4.78 is 0. The van der Waals surface area contributed by atoms with Crippen molar-refractivity contribution >= 4 is 11.6 Å². The molecule has 0 unspecified atom stereocenters. The Morgan fingerprint density at radius 3 is 2.60 bits per heavy atom. The molecule has 4 rings (SSSR count). The van der Waals surface area contributed by atoms with Gasteiger partial charge >= 0.3 is 0 Å². The summed E-state index contributed by atoms with van der Waals surface area (Å²) in [5.74, 6) is -0.0701. The van der Waals surface area contributed by atoms with Crippen molar-refractivity contribution in [1.82, 2.24) is 4.98 Å². The number of carbonyl (C=O) groups excluding carboxylic acids is 1. The zero-order valence-electron chi connectivity index (χ0n) is 13.9. The number of aromatic nitrogens is 1. The van der Waals surface area contributed by atoms with Gasteiger partial charge in [0.15, 0.2) is 0 Å². The molecule has 1 amide bonds. The molecule has 3 aromatic rings. The average molecular weight is 329 g/mol. The average Bonchev–Trinajstić information content (AvgIpc) is 3.12. The predicted octanol–water partition coefficient (Wildman–Crippen LogP) is 3.41. The molecule has 4 heteroatoms. The molecular formula is C21H19N3O. The molecule has 0 atom stereocenters. The van der Waals surface area contributed by atoms with E-state index < -0.39 is 0 Å². The third-order valence-corrected chi connectivity index (χ3v) is 4.59. The van der Waals surface area contributed by atoms with E-state index in [1.54, 1.807) is 6.07 Å². The van der Waals surface area contributed by atoms with Crippen LogP contribution in [0.5, 0.6) is 0 Å². The Morgan fingerprint density at radius 2 is 1.80 bits per heavy atom. The first-order chi connectivity index (χ1) is 12.3. The Bertz CT molecular complexity index is 921. The molecular weight excluding hydrogens is 310 g/mol. The minimum atomic E-state index is -0.0701. The second kappa shape index (κ2) is 6.49. The molecule has 25 heavy (non-hydrogen) atoms. The largest absolute Gasteiger partial charge is 0.325 e. The van der Waals surface area contributed by atoms with E-state index >= 15 is 0 Å². The molecule has 0 saturated carbocycles. The van der Waals surface area contributed by atoms with E-state index in [1.165, 1.54) is 16.7 Å². The number of anilines is 1. The van der Waals surface area contributed by atoms with Crippen LogP contribution in [0.15, 0.2) is 66.7 Å². The number of rotatable bonds is 3. The highest BCUT2D eigenvalue weighted by atomic mass is 16.2. The van der Waals surface area contributed by atoms with Gasteiger partial charge in [-0.2, -0.15) is 0 Å². The first kappa shape index (κ1) is 15.5. The monoisotopic (exact) mass is 329 g/mol. The molecule has 124 valence electrons. The highest BCUT2D eigenvalue weighted by molar-refractivity contribution is 6.06. The van der Waals surface area contributed by atoms with Gasteiger partial charge in [0.1, 0.15) is 5.69 Å². The van der Waals surface area contributed by atoms with Crippen molar-refractivity contribution in [2.45, 2.75) is 13.0 Å². The van der Waals surface area contributed by atoms with Crippen molar-refractivity contribution in [3.63, 3.8) is 0 Å². The molecule has 2 heterocycles. The van der Waals surface area contributed by atoms with E-state index in [1.807, 2.05) is 47.4 Å². The number of pyridine rings is 1. The predicted molar refractivity (Wildman–Crippen MR) is 99.4 cm³/mol. The minimum Gasteiger partial charge on any atom is -0.325 e. The Hall–Kier alpha value is -2.98. The van der Waals surface area contributed by atoms with E-state index in [0.717, 1.165) is 17.8 Å². The maximum atomic E-state index is 12.9. The maximum absolute atomic E-state index is 12.9. The number of hydrogen-bond acceptors (Lipinski definition) is 3. The van der Waals surface area contributed by atoms with E-state index in [9.17, 15) is 4.79 Å². The van der Waals surface area contributed by atoms with Crippen molar-refractivity contribution in [3.8, 4) is 11.1 Å². The Morgan fingerprint density at radius 1 is 1.00 bits per heavy atom. The fourth-order valence-corrected chi connectivity index (χ4v) is 3.38. The van der Waals surface area contributed by atoms with Gasteiger partial charge in [0.25, 0.3) is 5.91 Å². The number of hydrogen-bond donors (Lipinski definition) is 1. The molecule has 0 fully saturated rings. The molecule has 4 nitrogen and oxygen atoms in total. The standard InChI is InChI=1S/C21H19N3O/c22-14-16-8-4-10-19(23-16)21(25)24-13-12-18-17(9-5-11-20(18)24)15-6-2-1-3-7-15/h1-11H,12-14,22H2. The molecule has 0 saturated heterocycles. The number of fused-ring (bicyclic) bond motifs is 1. The Kier molecular flexibility index (Phi) is 4.04. The fraction of sp³-hybridized carbons (Fsp3) is 0.143. The number of nitrogens with zero attached hydrogens (tertiary/aromatic N) is 2. The van der Waals surface area contributed by atoms with E-state index in [-0.39, 0.29) is 5.91 Å². The summed E-state index contributed by atoms with van der Waals surface area (Å²) in [6, 6.07) is 21.9. The molecule has 2 N–H and O–H groups in total. The van der Waals surface area contributed by atoms with Crippen LogP contribution in [0.25, 0.3) is 11.1 Å². The zero-order chi connectivity index (χ0) is 17.2. The van der Waals surface area contributed by atoms with Crippen molar-refractivity contribution in [1.29, 1.82) is 0 Å². The third kappa shape index (κ3) is 2.81. The Balaban J connectivity index is 1.72. The summed E-state index contributed by atoms with van der Waals surface area (Å²) in [5, 5.41) is 0. The number of nitrogens with two attached hydrogens (primary N) is 1. The van der Waals surface area contributed by atoms with Crippen LogP contribution >= 0.6 is 0 Å². The molecule has 1 aromatic heterocycles. The van der Waals surface area contributed by atoms with Crippen LogP contribution < -0.4 is 10.6 Å². The van der Waals surface area contributed by atoms with Crippen LogP contribution in [0.3, 0.4) is 0 Å². The zero-order valence-corrected chi connectivity index (χ0v) is 13.9. The molecule has 0 radical (unpaired) electrons. The van der Waals surface area contributed by atoms with Crippen LogP contribution in [-0.2, 0) is 13.0 Å². The van der Waals surface area contributed by atoms with Crippen molar-refractivity contribution < 1.29 is 4.79 Å². The highest BCUT2D eigenvalue weighted by Crippen LogP contribution is 2.36. The first-order valence-corrected chi connectivity index (χ1v) is 8.43. The summed E-state index contributed by atoms with van der Waals surface area (Å²) in [5.41, 5.74) is 11.4. The second-order valence-electron chi connectivity index (χ2n) is 6.09. The lowest BCUT2D eigenvalue weighted by atomic mass is 9.98. The summed E-state index contributed by atoms with van der Waals surface area (Å²) >= 11 is 0. The topological polar surface area (TPSA) is 59.2 Å². The van der Waals surface area contributed by atoms with Crippen LogP contribution in [0.2, 0.25) is 0 Å². The van der Waals surface area contributed by atoms with Gasteiger partial charge in [-0.15, -0.1) is 0 Å². The lowest BCUT2D eigenvalue weighted by molar-refractivity contribution is 0.0984. The van der Waals surface area contributed by atoms with Gasteiger partial charge in [-0.1, -0.05) is 48.5 Å². The van der Waals surface area contributed by atoms with E-state index in [2.05, 4.69) is 23.2 Å². The van der Waals surface area contributed by atoms with E-state index in [0.29, 0.717) is 18.8 Å². The summed E-state index contributed by atoms with van der Waals surface area (Å²) in [7, 11) is 0. The molecule has 2 aromatic carbocycles. The van der Waals surface area contributed by atoms with Crippen LogP contribution in [-0.4, -0.2) is 17.4 Å². The SMILES string of the molecule is NCc1cccc(C(=O)N2CCc3c(-c4ccccc4)cccc32)n1. The lowest BCUT2D eigenvalue weighted by Gasteiger charge is -2.18. The minimum absolute atomic E-state index is 0.0701. The van der Waals surface area contributed by atoms with Crippen molar-refractivity contribution in [2.24, 2.45) is 5.73 Å². The number of amides is 1. The smallest absolute Gasteiger partial charge is 0.276 e. The van der Waals surface area contributed by atoms with Gasteiger partial charge < -0.3 is 10.6 Å². The molecule has 0 aliphatic carbocycles. The first-order valence-electron chi connectivity index (χ1n) is 8.43. The van der Waals surface area contributed by atoms with Gasteiger partial charge in [0.2, 0.25) is 0 Å². The quantitative estimate of drug-likeness (QED) is 0.801. The summed E-state index contributed by atoms with van der Waals surface area (Å²) in [4.78, 5) is 19.1. The molecule has 1 aliphatic heterocycles. The van der Waals surface area contributed by atoms with Crippen LogP contribution in [0, 0.1) is 0 Å². The second-order valence-corrected chi connectivity index (χ2v) is 6.09. The molecule has 0 bridgehead atoms.